The Balaban J connectivity index is 1.68. The van der Waals surface area contributed by atoms with Crippen LogP contribution in [-0.2, 0) is 14.9 Å². The molecule has 5 nitrogen and oxygen atoms in total. The first kappa shape index (κ1) is 16.1. The highest BCUT2D eigenvalue weighted by Gasteiger charge is 2.87. The summed E-state index contributed by atoms with van der Waals surface area (Å²) in [5.41, 5.74) is 2.41. The van der Waals surface area contributed by atoms with Crippen LogP contribution in [0.15, 0.2) is 35.9 Å². The number of rotatable bonds is 1. The van der Waals surface area contributed by atoms with Crippen LogP contribution < -0.4 is 5.32 Å². The third-order valence-electron chi connectivity index (χ3n) is 9.11. The van der Waals surface area contributed by atoms with Gasteiger partial charge >= 0.3 is 5.97 Å². The zero-order valence-electron chi connectivity index (χ0n) is 16.1. The normalized spacial score (nSPS) is 51.9. The second-order valence-corrected chi connectivity index (χ2v) is 9.48. The van der Waals surface area contributed by atoms with Crippen molar-refractivity contribution >= 4 is 11.7 Å². The Labute approximate surface area is 159 Å². The predicted octanol–water partition coefficient (Wildman–Crippen LogP) is 1.82. The first-order valence-corrected chi connectivity index (χ1v) is 10.1. The van der Waals surface area contributed by atoms with E-state index in [0.29, 0.717) is 6.04 Å². The van der Waals surface area contributed by atoms with Gasteiger partial charge in [-0.25, -0.2) is 0 Å². The highest BCUT2D eigenvalue weighted by atomic mass is 16.5. The molecule has 1 spiro atoms. The predicted molar refractivity (Wildman–Crippen MR) is 101 cm³/mol. The maximum absolute atomic E-state index is 13.4. The quantitative estimate of drug-likeness (QED) is 0.452. The number of para-hydroxylation sites is 1. The maximum Gasteiger partial charge on any atom is 0.321 e. The topological polar surface area (TPSA) is 58.6 Å². The zero-order valence-corrected chi connectivity index (χ0v) is 16.1. The molecule has 1 aromatic carbocycles. The number of methoxy groups -OCH3 is 1. The number of allylic oxidation sites excluding steroid dienone is 1. The van der Waals surface area contributed by atoms with Crippen molar-refractivity contribution in [2.45, 2.75) is 49.4 Å². The van der Waals surface area contributed by atoms with E-state index >= 15 is 0 Å². The van der Waals surface area contributed by atoms with Crippen molar-refractivity contribution in [1.29, 1.82) is 0 Å². The summed E-state index contributed by atoms with van der Waals surface area (Å²) in [6.07, 6.45) is 3.23. The molecular weight excluding hydrogens is 340 g/mol. The van der Waals surface area contributed by atoms with Gasteiger partial charge in [0.05, 0.1) is 31.7 Å². The summed E-state index contributed by atoms with van der Waals surface area (Å²) in [7, 11) is 3.78. The third kappa shape index (κ3) is 1.37. The SMILES string of the molecule is C/C=C1\C[N+]2(C)[C@@H]3C[C@@H]1[C@@]1(C(=O)OC)[C@H](O)[C@]4(C[C@H]12)c1ccccc1N[C@@H]34. The van der Waals surface area contributed by atoms with Gasteiger partial charge in [0.1, 0.15) is 18.6 Å². The number of fused-ring (bicyclic) bond motifs is 2. The third-order valence-corrected chi connectivity index (χ3v) is 9.11. The van der Waals surface area contributed by atoms with Crippen LogP contribution in [0.4, 0.5) is 5.69 Å². The van der Waals surface area contributed by atoms with Crippen LogP contribution in [0.3, 0.4) is 0 Å². The van der Waals surface area contributed by atoms with E-state index in [1.165, 1.54) is 18.2 Å². The van der Waals surface area contributed by atoms with Gasteiger partial charge in [-0.1, -0.05) is 24.3 Å². The van der Waals surface area contributed by atoms with Crippen molar-refractivity contribution in [3.8, 4) is 0 Å². The van der Waals surface area contributed by atoms with Crippen LogP contribution in [0.2, 0.25) is 0 Å². The van der Waals surface area contributed by atoms with Crippen LogP contribution >= 0.6 is 0 Å². The minimum Gasteiger partial charge on any atom is -0.468 e. The van der Waals surface area contributed by atoms with E-state index in [2.05, 4.69) is 43.6 Å². The molecule has 1 unspecified atom stereocenters. The van der Waals surface area contributed by atoms with Gasteiger partial charge in [-0.2, -0.15) is 0 Å². The van der Waals surface area contributed by atoms with Crippen molar-refractivity contribution in [3.05, 3.63) is 41.5 Å². The van der Waals surface area contributed by atoms with E-state index in [-0.39, 0.29) is 24.0 Å². The summed E-state index contributed by atoms with van der Waals surface area (Å²) in [6.45, 7) is 3.05. The van der Waals surface area contributed by atoms with Crippen LogP contribution in [0, 0.1) is 11.3 Å². The Morgan fingerprint density at radius 1 is 1.41 bits per heavy atom. The summed E-state index contributed by atoms with van der Waals surface area (Å²) in [6, 6.07) is 9.05. The summed E-state index contributed by atoms with van der Waals surface area (Å²) in [5, 5.41) is 15.8. The molecule has 5 bridgehead atoms. The summed E-state index contributed by atoms with van der Waals surface area (Å²) in [5.74, 6) is -0.132. The lowest BCUT2D eigenvalue weighted by atomic mass is 9.57. The highest BCUT2D eigenvalue weighted by molar-refractivity contribution is 5.83. The molecule has 5 fully saturated rings. The number of aliphatic hydroxyl groups excluding tert-OH is 1. The average molecular weight is 367 g/mol. The maximum atomic E-state index is 13.4. The minimum absolute atomic E-state index is 0.0823. The van der Waals surface area contributed by atoms with Gasteiger partial charge in [-0.05, 0) is 24.1 Å². The molecule has 6 aliphatic rings. The van der Waals surface area contributed by atoms with Gasteiger partial charge in [0.15, 0.2) is 5.41 Å². The molecule has 1 aliphatic carbocycles. The van der Waals surface area contributed by atoms with E-state index in [0.717, 1.165) is 29.6 Å². The number of anilines is 1. The second kappa shape index (κ2) is 4.58. The Hall–Kier alpha value is -1.85. The van der Waals surface area contributed by atoms with Crippen LogP contribution in [0.25, 0.3) is 0 Å². The molecular formula is C22H27N2O3+. The van der Waals surface area contributed by atoms with Gasteiger partial charge < -0.3 is 19.6 Å². The van der Waals surface area contributed by atoms with Crippen LogP contribution in [-0.4, -0.2) is 60.5 Å². The van der Waals surface area contributed by atoms with E-state index in [9.17, 15) is 9.90 Å². The standard InChI is InChI=1S/C22H27N2O3/c1-4-12-11-24(2)16-9-14(12)22(20(26)27-3)17(24)10-21(19(22)25)13-7-5-6-8-15(13)23-18(16)21/h4-8,14,16-19,23,25H,9-11H2,1-3H3/q+1/b12-4+/t14-,16+,17+,18-,19+,21+,22-,24?/m0/s1. The second-order valence-electron chi connectivity index (χ2n) is 9.48. The lowest BCUT2D eigenvalue weighted by Crippen LogP contribution is -2.79. The summed E-state index contributed by atoms with van der Waals surface area (Å²) < 4.78 is 6.24. The van der Waals surface area contributed by atoms with E-state index in [1.54, 1.807) is 0 Å². The fourth-order valence-electron chi connectivity index (χ4n) is 8.23. The number of esters is 1. The molecule has 0 amide bonds. The van der Waals surface area contributed by atoms with Gasteiger partial charge in [0.25, 0.3) is 0 Å². The van der Waals surface area contributed by atoms with Crippen molar-refractivity contribution < 1.29 is 19.1 Å². The monoisotopic (exact) mass is 367 g/mol. The van der Waals surface area contributed by atoms with E-state index < -0.39 is 16.9 Å². The molecule has 5 aliphatic heterocycles. The number of ether oxygens (including phenoxy) is 1. The molecule has 142 valence electrons. The number of quaternary nitrogens is 1. The van der Waals surface area contributed by atoms with Crippen LogP contribution in [0.1, 0.15) is 25.3 Å². The van der Waals surface area contributed by atoms with Gasteiger partial charge in [-0.15, -0.1) is 0 Å². The van der Waals surface area contributed by atoms with E-state index in [4.69, 9.17) is 4.74 Å². The number of aliphatic hydroxyl groups is 1. The molecule has 0 radical (unpaired) electrons. The average Bonchev–Trinajstić information content (AvgIpc) is 3.13. The van der Waals surface area contributed by atoms with Gasteiger partial charge in [-0.3, -0.25) is 4.79 Å². The molecule has 27 heavy (non-hydrogen) atoms. The van der Waals surface area contributed by atoms with Gasteiger partial charge in [0, 0.05) is 24.4 Å². The van der Waals surface area contributed by atoms with E-state index in [1.807, 2.05) is 6.07 Å². The Morgan fingerprint density at radius 2 is 2.19 bits per heavy atom. The van der Waals surface area contributed by atoms with Gasteiger partial charge in [0.2, 0.25) is 0 Å². The summed E-state index contributed by atoms with van der Waals surface area (Å²) >= 11 is 0. The number of nitrogens with zero attached hydrogens (tertiary/aromatic N) is 1. The number of nitrogens with one attached hydrogen (secondary N) is 1. The molecule has 4 saturated heterocycles. The lowest BCUT2D eigenvalue weighted by molar-refractivity contribution is -0.975. The molecule has 1 saturated carbocycles. The minimum atomic E-state index is -0.839. The van der Waals surface area contributed by atoms with Crippen molar-refractivity contribution in [2.75, 3.05) is 26.0 Å². The fourth-order valence-corrected chi connectivity index (χ4v) is 8.23. The highest BCUT2D eigenvalue weighted by Crippen LogP contribution is 2.73. The summed E-state index contributed by atoms with van der Waals surface area (Å²) in [4.78, 5) is 13.4. The molecule has 8 atom stereocenters. The Kier molecular flexibility index (Phi) is 2.74. The van der Waals surface area contributed by atoms with Crippen LogP contribution in [0.5, 0.6) is 0 Å². The molecule has 7 rings (SSSR count). The Bertz CT molecular complexity index is 913. The lowest BCUT2D eigenvalue weighted by Gasteiger charge is -2.64. The number of hydrogen-bond donors (Lipinski definition) is 2. The van der Waals surface area contributed by atoms with Crippen molar-refractivity contribution in [3.63, 3.8) is 0 Å². The fraction of sp³-hybridized carbons (Fsp3) is 0.591. The van der Waals surface area contributed by atoms with Crippen molar-refractivity contribution in [1.82, 2.24) is 0 Å². The molecule has 5 heterocycles. The molecule has 2 N–H and O–H groups in total. The number of carbonyl (C=O) groups excluding carboxylic acids is 1. The first-order valence-electron chi connectivity index (χ1n) is 10.1. The number of benzene rings is 1. The number of hydrogen-bond acceptors (Lipinski definition) is 4. The number of piperidine rings is 4. The smallest absolute Gasteiger partial charge is 0.321 e. The molecule has 0 aromatic heterocycles. The van der Waals surface area contributed by atoms with Crippen molar-refractivity contribution in [2.24, 2.45) is 11.3 Å². The number of likely N-dealkylation sites (N-methyl/N-ethyl adjacent to an activating group) is 1. The zero-order chi connectivity index (χ0) is 18.8. The Morgan fingerprint density at radius 3 is 2.93 bits per heavy atom. The molecule has 5 heteroatoms. The first-order chi connectivity index (χ1) is 13.0. The largest absolute Gasteiger partial charge is 0.468 e. The molecule has 1 aromatic rings. The number of carbonyl (C=O) groups is 1.